The molecule has 1 aromatic carbocycles. The summed E-state index contributed by atoms with van der Waals surface area (Å²) in [6.45, 7) is 4.16. The summed E-state index contributed by atoms with van der Waals surface area (Å²) < 4.78 is 38.7. The van der Waals surface area contributed by atoms with Crippen molar-refractivity contribution in [2.24, 2.45) is 11.1 Å². The van der Waals surface area contributed by atoms with Gasteiger partial charge in [0.25, 0.3) is 0 Å². The summed E-state index contributed by atoms with van der Waals surface area (Å²) in [6, 6.07) is 5.41. The second-order valence-corrected chi connectivity index (χ2v) is 5.35. The lowest BCUT2D eigenvalue weighted by Crippen LogP contribution is -2.45. The first kappa shape index (κ1) is 18.5. The molecular weight excluding hydrogens is 293 g/mol. The van der Waals surface area contributed by atoms with Crippen molar-refractivity contribution >= 4 is 5.91 Å². The van der Waals surface area contributed by atoms with Gasteiger partial charge in [0.15, 0.2) is 0 Å². The summed E-state index contributed by atoms with van der Waals surface area (Å²) in [7, 11) is 0. The van der Waals surface area contributed by atoms with Crippen LogP contribution in [0.1, 0.15) is 37.8 Å². The van der Waals surface area contributed by atoms with Gasteiger partial charge in [0.05, 0.1) is 11.0 Å². The van der Waals surface area contributed by atoms with Gasteiger partial charge in [-0.1, -0.05) is 32.0 Å². The Balaban J connectivity index is 2.71. The molecule has 124 valence electrons. The number of hydrogen-bond acceptors (Lipinski definition) is 2. The Kier molecular flexibility index (Phi) is 6.41. The minimum Gasteiger partial charge on any atom is -0.355 e. The molecule has 0 bridgehead atoms. The van der Waals surface area contributed by atoms with Crippen molar-refractivity contribution in [3.63, 3.8) is 0 Å². The third-order valence-electron chi connectivity index (χ3n) is 4.23. The number of carbonyl (C=O) groups excluding carboxylic acids is 1. The fourth-order valence-electron chi connectivity index (χ4n) is 2.47. The lowest BCUT2D eigenvalue weighted by molar-refractivity contribution is -0.138. The zero-order valence-electron chi connectivity index (χ0n) is 13.0. The quantitative estimate of drug-likeness (QED) is 0.812. The Morgan fingerprint density at radius 1 is 1.18 bits per heavy atom. The van der Waals surface area contributed by atoms with Crippen LogP contribution >= 0.6 is 0 Å². The van der Waals surface area contributed by atoms with Crippen molar-refractivity contribution in [2.45, 2.75) is 39.3 Å². The van der Waals surface area contributed by atoms with Gasteiger partial charge in [0, 0.05) is 13.1 Å². The minimum absolute atomic E-state index is 0.134. The highest BCUT2D eigenvalue weighted by atomic mass is 19.4. The Morgan fingerprint density at radius 2 is 1.77 bits per heavy atom. The van der Waals surface area contributed by atoms with Gasteiger partial charge < -0.3 is 11.1 Å². The number of hydrogen-bond donors (Lipinski definition) is 2. The van der Waals surface area contributed by atoms with Gasteiger partial charge in [0.1, 0.15) is 0 Å². The van der Waals surface area contributed by atoms with Crippen LogP contribution in [0.25, 0.3) is 0 Å². The van der Waals surface area contributed by atoms with Crippen LogP contribution in [-0.4, -0.2) is 19.0 Å². The number of nitrogens with one attached hydrogen (secondary N) is 1. The molecule has 1 aromatic rings. The van der Waals surface area contributed by atoms with Crippen molar-refractivity contribution in [3.05, 3.63) is 35.4 Å². The molecule has 0 saturated carbocycles. The van der Waals surface area contributed by atoms with E-state index >= 15 is 0 Å². The normalized spacial score (nSPS) is 12.3. The average Bonchev–Trinajstić information content (AvgIpc) is 2.49. The smallest absolute Gasteiger partial charge is 0.355 e. The van der Waals surface area contributed by atoms with Gasteiger partial charge >= 0.3 is 6.18 Å². The number of halogens is 3. The molecule has 1 amide bonds. The lowest BCUT2D eigenvalue weighted by atomic mass is 9.81. The van der Waals surface area contributed by atoms with Crippen molar-refractivity contribution < 1.29 is 18.0 Å². The molecule has 0 aliphatic carbocycles. The topological polar surface area (TPSA) is 55.1 Å². The second-order valence-electron chi connectivity index (χ2n) is 5.35. The van der Waals surface area contributed by atoms with E-state index in [1.165, 1.54) is 12.1 Å². The van der Waals surface area contributed by atoms with Gasteiger partial charge in [-0.15, -0.1) is 0 Å². The average molecular weight is 316 g/mol. The third kappa shape index (κ3) is 4.22. The highest BCUT2D eigenvalue weighted by Gasteiger charge is 2.34. The molecule has 0 spiro atoms. The summed E-state index contributed by atoms with van der Waals surface area (Å²) in [4.78, 5) is 12.2. The zero-order valence-corrected chi connectivity index (χ0v) is 13.0. The molecular formula is C16H23F3N2O. The van der Waals surface area contributed by atoms with Gasteiger partial charge in [-0.05, 0) is 30.9 Å². The van der Waals surface area contributed by atoms with E-state index in [0.717, 1.165) is 6.07 Å². The van der Waals surface area contributed by atoms with Crippen LogP contribution < -0.4 is 11.1 Å². The van der Waals surface area contributed by atoms with Gasteiger partial charge in [0.2, 0.25) is 5.91 Å². The fourth-order valence-corrected chi connectivity index (χ4v) is 2.47. The van der Waals surface area contributed by atoms with E-state index in [9.17, 15) is 18.0 Å². The Hall–Kier alpha value is -1.56. The summed E-state index contributed by atoms with van der Waals surface area (Å²) in [5.41, 5.74) is 4.58. The molecule has 0 aromatic heterocycles. The number of rotatable bonds is 7. The van der Waals surface area contributed by atoms with Crippen molar-refractivity contribution in [1.82, 2.24) is 5.32 Å². The molecule has 6 heteroatoms. The van der Waals surface area contributed by atoms with E-state index in [2.05, 4.69) is 5.32 Å². The molecule has 0 saturated heterocycles. The molecule has 0 unspecified atom stereocenters. The number of amides is 1. The molecule has 0 atom stereocenters. The SMILES string of the molecule is CCC(CC)(CN)C(=O)NCCc1ccccc1C(F)(F)F. The fraction of sp³-hybridized carbons (Fsp3) is 0.562. The Morgan fingerprint density at radius 3 is 2.27 bits per heavy atom. The molecule has 0 fully saturated rings. The van der Waals surface area contributed by atoms with Crippen LogP contribution in [0.15, 0.2) is 24.3 Å². The third-order valence-corrected chi connectivity index (χ3v) is 4.23. The van der Waals surface area contributed by atoms with E-state index < -0.39 is 17.2 Å². The predicted octanol–water partition coefficient (Wildman–Crippen LogP) is 3.13. The highest BCUT2D eigenvalue weighted by molar-refractivity contribution is 5.82. The molecule has 0 heterocycles. The molecule has 3 N–H and O–H groups in total. The van der Waals surface area contributed by atoms with E-state index in [1.54, 1.807) is 6.07 Å². The first-order valence-electron chi connectivity index (χ1n) is 7.44. The van der Waals surface area contributed by atoms with E-state index in [0.29, 0.717) is 12.8 Å². The maximum atomic E-state index is 12.9. The van der Waals surface area contributed by atoms with E-state index in [4.69, 9.17) is 5.73 Å². The molecule has 0 aliphatic heterocycles. The molecule has 0 radical (unpaired) electrons. The molecule has 22 heavy (non-hydrogen) atoms. The van der Waals surface area contributed by atoms with Gasteiger partial charge in [-0.25, -0.2) is 0 Å². The van der Waals surface area contributed by atoms with Gasteiger partial charge in [-0.3, -0.25) is 4.79 Å². The Bertz CT molecular complexity index is 488. The number of carbonyl (C=O) groups is 1. The van der Waals surface area contributed by atoms with Crippen LogP contribution in [0.2, 0.25) is 0 Å². The summed E-state index contributed by atoms with van der Waals surface area (Å²) >= 11 is 0. The van der Waals surface area contributed by atoms with E-state index in [1.807, 2.05) is 13.8 Å². The van der Waals surface area contributed by atoms with Crippen LogP contribution in [0.3, 0.4) is 0 Å². The molecule has 3 nitrogen and oxygen atoms in total. The second kappa shape index (κ2) is 7.63. The molecule has 1 rings (SSSR count). The first-order valence-corrected chi connectivity index (χ1v) is 7.44. The maximum Gasteiger partial charge on any atom is 0.416 e. The highest BCUT2D eigenvalue weighted by Crippen LogP contribution is 2.32. The maximum absolute atomic E-state index is 12.9. The number of nitrogens with two attached hydrogens (primary N) is 1. The molecule has 0 aliphatic rings. The largest absolute Gasteiger partial charge is 0.416 e. The van der Waals surface area contributed by atoms with Crippen molar-refractivity contribution in [2.75, 3.05) is 13.1 Å². The predicted molar refractivity (Wildman–Crippen MR) is 80.2 cm³/mol. The van der Waals surface area contributed by atoms with Gasteiger partial charge in [-0.2, -0.15) is 13.2 Å². The van der Waals surface area contributed by atoms with Crippen LogP contribution in [0.4, 0.5) is 13.2 Å². The summed E-state index contributed by atoms with van der Waals surface area (Å²) in [6.07, 6.45) is -3.04. The Labute approximate surface area is 129 Å². The standard InChI is InChI=1S/C16H23F3N2O/c1-3-15(4-2,11-20)14(22)21-10-9-12-7-5-6-8-13(12)16(17,18)19/h5-8H,3-4,9-11,20H2,1-2H3,(H,21,22). The minimum atomic E-state index is -4.38. The van der Waals surface area contributed by atoms with Crippen LogP contribution in [0.5, 0.6) is 0 Å². The zero-order chi connectivity index (χ0) is 16.8. The van der Waals surface area contributed by atoms with Crippen LogP contribution in [0, 0.1) is 5.41 Å². The number of benzene rings is 1. The van der Waals surface area contributed by atoms with Crippen LogP contribution in [-0.2, 0) is 17.4 Å². The van der Waals surface area contributed by atoms with Crippen molar-refractivity contribution in [1.29, 1.82) is 0 Å². The summed E-state index contributed by atoms with van der Waals surface area (Å²) in [5, 5.41) is 2.72. The first-order chi connectivity index (χ1) is 10.3. The summed E-state index contributed by atoms with van der Waals surface area (Å²) in [5.74, 6) is -0.190. The monoisotopic (exact) mass is 316 g/mol. The lowest BCUT2D eigenvalue weighted by Gasteiger charge is -2.28. The van der Waals surface area contributed by atoms with E-state index in [-0.39, 0.29) is 31.0 Å². The number of alkyl halides is 3. The van der Waals surface area contributed by atoms with Crippen molar-refractivity contribution in [3.8, 4) is 0 Å².